The molecule has 0 aromatic heterocycles. The highest BCUT2D eigenvalue weighted by atomic mass is 35.5. The third-order valence-corrected chi connectivity index (χ3v) is 4.82. The summed E-state index contributed by atoms with van der Waals surface area (Å²) >= 11 is 6.44. The van der Waals surface area contributed by atoms with E-state index in [2.05, 4.69) is 0 Å². The highest BCUT2D eigenvalue weighted by Gasteiger charge is 2.40. The standard InChI is InChI=1S/C18H18ClNO2/c1-11(13-4-2-3-5-15(13)17(21)22)14-7-6-12(10-16(14)19)18(20)8-9-18/h2-7,10-11H,8-9,20H2,1H3,(H,21,22)/t11-/m0/s1. The molecule has 114 valence electrons. The van der Waals surface area contributed by atoms with Gasteiger partial charge in [0, 0.05) is 16.5 Å². The van der Waals surface area contributed by atoms with E-state index in [4.69, 9.17) is 17.3 Å². The molecule has 3 N–H and O–H groups in total. The van der Waals surface area contributed by atoms with Gasteiger partial charge in [0.1, 0.15) is 0 Å². The van der Waals surface area contributed by atoms with Gasteiger partial charge < -0.3 is 10.8 Å². The van der Waals surface area contributed by atoms with E-state index in [0.717, 1.165) is 29.5 Å². The Morgan fingerprint density at radius 3 is 2.50 bits per heavy atom. The second-order valence-electron chi connectivity index (χ2n) is 6.01. The molecule has 4 heteroatoms. The topological polar surface area (TPSA) is 63.3 Å². The van der Waals surface area contributed by atoms with Crippen molar-refractivity contribution in [1.82, 2.24) is 0 Å². The first-order valence-corrected chi connectivity index (χ1v) is 7.71. The number of carbonyl (C=O) groups is 1. The van der Waals surface area contributed by atoms with Gasteiger partial charge in [-0.3, -0.25) is 0 Å². The number of hydrogen-bond acceptors (Lipinski definition) is 2. The van der Waals surface area contributed by atoms with Crippen LogP contribution < -0.4 is 5.73 Å². The van der Waals surface area contributed by atoms with Crippen molar-refractivity contribution < 1.29 is 9.90 Å². The van der Waals surface area contributed by atoms with E-state index in [0.29, 0.717) is 10.6 Å². The molecule has 1 aliphatic rings. The Morgan fingerprint density at radius 2 is 1.91 bits per heavy atom. The van der Waals surface area contributed by atoms with Crippen LogP contribution in [0.1, 0.15) is 52.7 Å². The summed E-state index contributed by atoms with van der Waals surface area (Å²) in [6.45, 7) is 1.97. The second-order valence-corrected chi connectivity index (χ2v) is 6.41. The highest BCUT2D eigenvalue weighted by molar-refractivity contribution is 6.31. The fourth-order valence-electron chi connectivity index (χ4n) is 2.85. The lowest BCUT2D eigenvalue weighted by Crippen LogP contribution is -2.18. The van der Waals surface area contributed by atoms with Gasteiger partial charge in [0.15, 0.2) is 0 Å². The summed E-state index contributed by atoms with van der Waals surface area (Å²) in [4.78, 5) is 11.4. The molecule has 0 aliphatic heterocycles. The van der Waals surface area contributed by atoms with Crippen molar-refractivity contribution in [3.8, 4) is 0 Å². The van der Waals surface area contributed by atoms with Crippen LogP contribution in [0.3, 0.4) is 0 Å². The summed E-state index contributed by atoms with van der Waals surface area (Å²) in [5, 5.41) is 9.98. The summed E-state index contributed by atoms with van der Waals surface area (Å²) < 4.78 is 0. The molecule has 22 heavy (non-hydrogen) atoms. The first-order chi connectivity index (χ1) is 10.4. The smallest absolute Gasteiger partial charge is 0.335 e. The van der Waals surface area contributed by atoms with E-state index in [1.54, 1.807) is 12.1 Å². The van der Waals surface area contributed by atoms with Gasteiger partial charge in [0.05, 0.1) is 5.56 Å². The third-order valence-electron chi connectivity index (χ3n) is 4.49. The molecule has 0 amide bonds. The molecular formula is C18H18ClNO2. The number of aromatic carboxylic acids is 1. The van der Waals surface area contributed by atoms with Gasteiger partial charge >= 0.3 is 5.97 Å². The minimum atomic E-state index is -0.922. The largest absolute Gasteiger partial charge is 0.478 e. The monoisotopic (exact) mass is 315 g/mol. The van der Waals surface area contributed by atoms with Crippen LogP contribution in [0, 0.1) is 0 Å². The quantitative estimate of drug-likeness (QED) is 0.891. The van der Waals surface area contributed by atoms with E-state index in [1.807, 2.05) is 37.3 Å². The van der Waals surface area contributed by atoms with E-state index in [1.165, 1.54) is 0 Å². The fourth-order valence-corrected chi connectivity index (χ4v) is 3.19. The van der Waals surface area contributed by atoms with Gasteiger partial charge in [0.25, 0.3) is 0 Å². The second kappa shape index (κ2) is 5.41. The SMILES string of the molecule is C[C@H](c1ccc(C2(N)CC2)cc1Cl)c1ccccc1C(=O)O. The molecule has 3 rings (SSSR count). The van der Waals surface area contributed by atoms with Crippen LogP contribution in [-0.4, -0.2) is 11.1 Å². The number of carboxylic acid groups (broad SMARTS) is 1. The normalized spacial score (nSPS) is 17.0. The van der Waals surface area contributed by atoms with Crippen LogP contribution in [-0.2, 0) is 5.54 Å². The van der Waals surface area contributed by atoms with Gasteiger partial charge in [-0.05, 0) is 41.7 Å². The molecule has 0 unspecified atom stereocenters. The summed E-state index contributed by atoms with van der Waals surface area (Å²) in [5.41, 5.74) is 9.03. The lowest BCUT2D eigenvalue weighted by atomic mass is 9.88. The number of rotatable bonds is 4. The molecule has 1 atom stereocenters. The van der Waals surface area contributed by atoms with E-state index in [-0.39, 0.29) is 11.5 Å². The van der Waals surface area contributed by atoms with Crippen molar-refractivity contribution in [2.45, 2.75) is 31.2 Å². The number of halogens is 1. The first kappa shape index (κ1) is 15.1. The minimum absolute atomic E-state index is 0.0956. The molecule has 0 saturated heterocycles. The van der Waals surface area contributed by atoms with Crippen molar-refractivity contribution in [2.75, 3.05) is 0 Å². The molecular weight excluding hydrogens is 298 g/mol. The van der Waals surface area contributed by atoms with Gasteiger partial charge in [-0.2, -0.15) is 0 Å². The molecule has 0 radical (unpaired) electrons. The number of carboxylic acids is 1. The minimum Gasteiger partial charge on any atom is -0.478 e. The lowest BCUT2D eigenvalue weighted by molar-refractivity contribution is 0.0695. The zero-order valence-electron chi connectivity index (χ0n) is 12.3. The van der Waals surface area contributed by atoms with Gasteiger partial charge in [0.2, 0.25) is 0 Å². The number of hydrogen-bond donors (Lipinski definition) is 2. The molecule has 0 heterocycles. The summed E-state index contributed by atoms with van der Waals surface area (Å²) in [6.07, 6.45) is 1.97. The van der Waals surface area contributed by atoms with Crippen LogP contribution in [0.15, 0.2) is 42.5 Å². The average Bonchev–Trinajstić information content (AvgIpc) is 3.25. The summed E-state index contributed by atoms with van der Waals surface area (Å²) in [6, 6.07) is 12.9. The fraction of sp³-hybridized carbons (Fsp3) is 0.278. The molecule has 2 aromatic carbocycles. The van der Waals surface area contributed by atoms with Crippen LogP contribution in [0.4, 0.5) is 0 Å². The number of benzene rings is 2. The van der Waals surface area contributed by atoms with Crippen LogP contribution in [0.2, 0.25) is 5.02 Å². The van der Waals surface area contributed by atoms with Gasteiger partial charge in [-0.1, -0.05) is 48.9 Å². The maximum atomic E-state index is 11.4. The summed E-state index contributed by atoms with van der Waals surface area (Å²) in [7, 11) is 0. The maximum Gasteiger partial charge on any atom is 0.335 e. The Bertz CT molecular complexity index is 738. The van der Waals surface area contributed by atoms with Crippen LogP contribution in [0.25, 0.3) is 0 Å². The molecule has 0 bridgehead atoms. The Balaban J connectivity index is 1.99. The van der Waals surface area contributed by atoms with Crippen molar-refractivity contribution in [2.24, 2.45) is 5.73 Å². The predicted octanol–water partition coefficient (Wildman–Crippen LogP) is 4.14. The molecule has 1 fully saturated rings. The third kappa shape index (κ3) is 2.62. The first-order valence-electron chi connectivity index (χ1n) is 7.33. The van der Waals surface area contributed by atoms with Crippen LogP contribution in [0.5, 0.6) is 0 Å². The van der Waals surface area contributed by atoms with Crippen LogP contribution >= 0.6 is 11.6 Å². The van der Waals surface area contributed by atoms with Crippen molar-refractivity contribution in [3.05, 3.63) is 69.7 Å². The van der Waals surface area contributed by atoms with Crippen molar-refractivity contribution in [3.63, 3.8) is 0 Å². The Labute approximate surface area is 134 Å². The molecule has 2 aromatic rings. The zero-order chi connectivity index (χ0) is 15.9. The lowest BCUT2D eigenvalue weighted by Gasteiger charge is -2.18. The van der Waals surface area contributed by atoms with Gasteiger partial charge in [-0.25, -0.2) is 4.79 Å². The Hall–Kier alpha value is -1.84. The Morgan fingerprint density at radius 1 is 1.23 bits per heavy atom. The van der Waals surface area contributed by atoms with Crippen molar-refractivity contribution in [1.29, 1.82) is 0 Å². The molecule has 1 aliphatic carbocycles. The highest BCUT2D eigenvalue weighted by Crippen LogP contribution is 2.44. The maximum absolute atomic E-state index is 11.4. The average molecular weight is 316 g/mol. The number of nitrogens with two attached hydrogens (primary N) is 1. The Kier molecular flexibility index (Phi) is 3.71. The molecule has 3 nitrogen and oxygen atoms in total. The van der Waals surface area contributed by atoms with E-state index in [9.17, 15) is 9.90 Å². The predicted molar refractivity (Wildman–Crippen MR) is 87.5 cm³/mol. The zero-order valence-corrected chi connectivity index (χ0v) is 13.1. The summed E-state index contributed by atoms with van der Waals surface area (Å²) in [5.74, 6) is -1.02. The van der Waals surface area contributed by atoms with Gasteiger partial charge in [-0.15, -0.1) is 0 Å². The van der Waals surface area contributed by atoms with E-state index < -0.39 is 5.97 Å². The molecule has 1 saturated carbocycles. The molecule has 0 spiro atoms. The van der Waals surface area contributed by atoms with E-state index >= 15 is 0 Å². The van der Waals surface area contributed by atoms with Crippen molar-refractivity contribution >= 4 is 17.6 Å².